The Labute approximate surface area is 167 Å². The molecule has 0 aliphatic rings. The van der Waals surface area contributed by atoms with Crippen LogP contribution in [0.2, 0.25) is 0 Å². The van der Waals surface area contributed by atoms with Crippen molar-refractivity contribution in [3.05, 3.63) is 72.4 Å². The highest BCUT2D eigenvalue weighted by Crippen LogP contribution is 2.19. The zero-order chi connectivity index (χ0) is 20.8. The first kappa shape index (κ1) is 22.8. The van der Waals surface area contributed by atoms with Gasteiger partial charge in [-0.1, -0.05) is 70.5 Å². The largest absolute Gasteiger partial charge is 0.465 e. The summed E-state index contributed by atoms with van der Waals surface area (Å²) in [7, 11) is 1.36. The molecule has 5 nitrogen and oxygen atoms in total. The van der Waals surface area contributed by atoms with Crippen LogP contribution in [0.4, 0.5) is 11.6 Å². The van der Waals surface area contributed by atoms with E-state index in [-0.39, 0.29) is 5.97 Å². The quantitative estimate of drug-likeness (QED) is 0.554. The Kier molecular flexibility index (Phi) is 10.6. The van der Waals surface area contributed by atoms with Gasteiger partial charge in [0.25, 0.3) is 0 Å². The van der Waals surface area contributed by atoms with Crippen LogP contribution in [0.25, 0.3) is 11.3 Å². The van der Waals surface area contributed by atoms with E-state index in [1.165, 1.54) is 13.5 Å². The Hall–Kier alpha value is -3.21. The van der Waals surface area contributed by atoms with E-state index in [1.807, 2.05) is 56.3 Å². The maximum absolute atomic E-state index is 11.6. The van der Waals surface area contributed by atoms with Gasteiger partial charge in [-0.05, 0) is 24.3 Å². The van der Waals surface area contributed by atoms with E-state index >= 15 is 0 Å². The zero-order valence-corrected chi connectivity index (χ0v) is 17.3. The minimum absolute atomic E-state index is 0.382. The van der Waals surface area contributed by atoms with Crippen molar-refractivity contribution in [1.82, 2.24) is 9.97 Å². The van der Waals surface area contributed by atoms with Crippen LogP contribution in [0.15, 0.2) is 66.9 Å². The third kappa shape index (κ3) is 7.19. The molecule has 1 N–H and O–H groups in total. The molecule has 148 valence electrons. The fraction of sp³-hybridized carbons (Fsp3) is 0.261. The van der Waals surface area contributed by atoms with E-state index in [2.05, 4.69) is 29.1 Å². The molecule has 0 aliphatic heterocycles. The number of ether oxygens (including phenoxy) is 1. The molecule has 1 aromatic heterocycles. The number of esters is 1. The van der Waals surface area contributed by atoms with E-state index in [0.29, 0.717) is 11.5 Å². The molecule has 0 aliphatic carbocycles. The normalized spacial score (nSPS) is 9.18. The lowest BCUT2D eigenvalue weighted by atomic mass is 10.1. The van der Waals surface area contributed by atoms with Crippen LogP contribution < -0.4 is 5.32 Å². The molecular weight excluding hydrogens is 350 g/mol. The number of aromatic nitrogens is 2. The summed E-state index contributed by atoms with van der Waals surface area (Å²) in [4.78, 5) is 20.3. The number of hydrogen-bond acceptors (Lipinski definition) is 5. The highest BCUT2D eigenvalue weighted by Gasteiger charge is 2.07. The average molecular weight is 380 g/mol. The van der Waals surface area contributed by atoms with Crippen LogP contribution >= 0.6 is 0 Å². The summed E-state index contributed by atoms with van der Waals surface area (Å²) in [6.45, 7) is 8.25. The van der Waals surface area contributed by atoms with E-state index in [9.17, 15) is 4.79 Å². The zero-order valence-electron chi connectivity index (χ0n) is 17.3. The van der Waals surface area contributed by atoms with Gasteiger partial charge in [-0.15, -0.1) is 0 Å². The molecule has 1 heterocycles. The van der Waals surface area contributed by atoms with Crippen molar-refractivity contribution in [3.8, 4) is 11.3 Å². The topological polar surface area (TPSA) is 64.1 Å². The first-order chi connectivity index (χ1) is 13.7. The molecular formula is C23H29N3O2. The van der Waals surface area contributed by atoms with Gasteiger partial charge in [-0.2, -0.15) is 0 Å². The first-order valence-corrected chi connectivity index (χ1v) is 9.51. The molecule has 3 rings (SSSR count). The number of hydrogen-bond donors (Lipinski definition) is 1. The summed E-state index contributed by atoms with van der Waals surface area (Å²) in [5.41, 5.74) is 3.03. The summed E-state index contributed by atoms with van der Waals surface area (Å²) in [6.07, 6.45) is 2.95. The fourth-order valence-corrected chi connectivity index (χ4v) is 2.16. The van der Waals surface area contributed by atoms with Gasteiger partial charge < -0.3 is 10.1 Å². The maximum atomic E-state index is 11.6. The van der Waals surface area contributed by atoms with Gasteiger partial charge in [0.15, 0.2) is 0 Å². The Morgan fingerprint density at radius 1 is 1.00 bits per heavy atom. The molecule has 3 aromatic rings. The van der Waals surface area contributed by atoms with Gasteiger partial charge in [0, 0.05) is 17.4 Å². The van der Waals surface area contributed by atoms with Crippen molar-refractivity contribution < 1.29 is 9.53 Å². The minimum atomic E-state index is -0.382. The molecule has 2 aromatic carbocycles. The number of carbonyl (C=O) groups excluding carboxylic acids is 1. The van der Waals surface area contributed by atoms with Gasteiger partial charge in [0.1, 0.15) is 0 Å². The van der Waals surface area contributed by atoms with Crippen LogP contribution in [0.5, 0.6) is 0 Å². The summed E-state index contributed by atoms with van der Waals surface area (Å²) >= 11 is 0. The second-order valence-corrected chi connectivity index (χ2v) is 5.54. The molecule has 0 radical (unpaired) electrons. The predicted octanol–water partition coefficient (Wildman–Crippen LogP) is 6.12. The second kappa shape index (κ2) is 13.0. The smallest absolute Gasteiger partial charge is 0.337 e. The number of nitrogens with zero attached hydrogens (tertiary/aromatic N) is 2. The molecule has 0 amide bonds. The lowest BCUT2D eigenvalue weighted by Gasteiger charge is -2.08. The van der Waals surface area contributed by atoms with E-state index in [1.54, 1.807) is 24.4 Å². The predicted molar refractivity (Wildman–Crippen MR) is 116 cm³/mol. The number of carbonyl (C=O) groups is 1. The van der Waals surface area contributed by atoms with E-state index in [0.717, 1.165) is 16.9 Å². The number of methoxy groups -OCH3 is 1. The van der Waals surface area contributed by atoms with Crippen LogP contribution in [-0.2, 0) is 4.74 Å². The number of rotatable bonds is 4. The standard InChI is InChI=1S/C18H15N3O2.C3H8.C2H6/c1-23-17(22)14-8-5-9-15(12-14)20-18-19-11-10-16(21-18)13-6-3-2-4-7-13;1-3-2;1-2/h2-12H,1H3,(H,19,20,21);3H2,1-2H3;1-2H3. The van der Waals surface area contributed by atoms with Crippen LogP contribution in [0.1, 0.15) is 44.5 Å². The molecule has 0 bridgehead atoms. The van der Waals surface area contributed by atoms with Crippen LogP contribution in [0.3, 0.4) is 0 Å². The molecule has 0 spiro atoms. The molecule has 28 heavy (non-hydrogen) atoms. The van der Waals surface area contributed by atoms with Crippen molar-refractivity contribution in [3.63, 3.8) is 0 Å². The number of anilines is 2. The van der Waals surface area contributed by atoms with Gasteiger partial charge in [0.05, 0.1) is 18.4 Å². The summed E-state index contributed by atoms with van der Waals surface area (Å²) < 4.78 is 4.72. The van der Waals surface area contributed by atoms with Crippen LogP contribution in [-0.4, -0.2) is 23.0 Å². The third-order valence-corrected chi connectivity index (χ3v) is 3.26. The SMILES string of the molecule is CC.CCC.COC(=O)c1cccc(Nc2nccc(-c3ccccc3)n2)c1. The van der Waals surface area contributed by atoms with Gasteiger partial charge in [0.2, 0.25) is 5.95 Å². The monoisotopic (exact) mass is 379 g/mol. The van der Waals surface area contributed by atoms with Crippen molar-refractivity contribution in [2.24, 2.45) is 0 Å². The summed E-state index contributed by atoms with van der Waals surface area (Å²) in [6, 6.07) is 18.7. The molecule has 0 atom stereocenters. The lowest BCUT2D eigenvalue weighted by molar-refractivity contribution is 0.0601. The highest BCUT2D eigenvalue weighted by molar-refractivity contribution is 5.90. The van der Waals surface area contributed by atoms with Crippen LogP contribution in [0, 0.1) is 0 Å². The average Bonchev–Trinajstić information content (AvgIpc) is 2.76. The Morgan fingerprint density at radius 2 is 1.68 bits per heavy atom. The van der Waals surface area contributed by atoms with Crippen molar-refractivity contribution in [1.29, 1.82) is 0 Å². The van der Waals surface area contributed by atoms with Gasteiger partial charge >= 0.3 is 5.97 Å². The Morgan fingerprint density at radius 3 is 2.32 bits per heavy atom. The number of nitrogens with one attached hydrogen (secondary N) is 1. The molecule has 0 saturated carbocycles. The molecule has 0 unspecified atom stereocenters. The first-order valence-electron chi connectivity index (χ1n) is 9.51. The summed E-state index contributed by atoms with van der Waals surface area (Å²) in [5, 5.41) is 3.10. The van der Waals surface area contributed by atoms with Gasteiger partial charge in [-0.25, -0.2) is 14.8 Å². The Balaban J connectivity index is 0.000000717. The third-order valence-electron chi connectivity index (χ3n) is 3.26. The van der Waals surface area contributed by atoms with Crippen molar-refractivity contribution in [2.45, 2.75) is 34.1 Å². The van der Waals surface area contributed by atoms with Crippen molar-refractivity contribution in [2.75, 3.05) is 12.4 Å². The fourth-order valence-electron chi connectivity index (χ4n) is 2.16. The van der Waals surface area contributed by atoms with Crippen molar-refractivity contribution >= 4 is 17.6 Å². The highest BCUT2D eigenvalue weighted by atomic mass is 16.5. The maximum Gasteiger partial charge on any atom is 0.337 e. The number of benzene rings is 2. The Bertz CT molecular complexity index is 836. The van der Waals surface area contributed by atoms with Gasteiger partial charge in [-0.3, -0.25) is 0 Å². The second-order valence-electron chi connectivity index (χ2n) is 5.54. The lowest BCUT2D eigenvalue weighted by Crippen LogP contribution is -2.03. The summed E-state index contributed by atoms with van der Waals surface area (Å²) in [5.74, 6) is 0.0842. The molecule has 0 saturated heterocycles. The molecule has 0 fully saturated rings. The minimum Gasteiger partial charge on any atom is -0.465 e. The van der Waals surface area contributed by atoms with E-state index < -0.39 is 0 Å². The van der Waals surface area contributed by atoms with E-state index in [4.69, 9.17) is 4.74 Å². The molecule has 5 heteroatoms.